The Labute approximate surface area is 322 Å². The van der Waals surface area contributed by atoms with Gasteiger partial charge in [0.2, 0.25) is 5.88 Å². The Morgan fingerprint density at radius 3 is 2.15 bits per heavy atom. The highest BCUT2D eigenvalue weighted by atomic mass is 19.1. The van der Waals surface area contributed by atoms with Gasteiger partial charge >= 0.3 is 12.2 Å². The van der Waals surface area contributed by atoms with Gasteiger partial charge in [0.15, 0.2) is 0 Å². The van der Waals surface area contributed by atoms with Crippen molar-refractivity contribution in [1.82, 2.24) is 25.4 Å². The van der Waals surface area contributed by atoms with Gasteiger partial charge in [-0.25, -0.2) is 19.0 Å². The maximum Gasteiger partial charge on any atom is 0.410 e. The average molecular weight is 752 g/mol. The van der Waals surface area contributed by atoms with E-state index in [1.54, 1.807) is 4.90 Å². The number of benzene rings is 3. The number of carbonyl (C=O) groups excluding carboxylic acids is 3. The SMILES string of the molecule is CC(C)(C)OC(=O)NC1CCC(NC(=O)c2cc(F)cnc2Oc2cc(CCN3CCN(C(=O)OCc4ccccc4)CC3)ccc2-c2ccccc2)CC1. The highest BCUT2D eigenvalue weighted by Crippen LogP contribution is 2.35. The number of carbonyl (C=O) groups is 3. The van der Waals surface area contributed by atoms with Crippen LogP contribution in [0.15, 0.2) is 91.1 Å². The van der Waals surface area contributed by atoms with E-state index in [0.29, 0.717) is 44.5 Å². The lowest BCUT2D eigenvalue weighted by molar-refractivity contribution is 0.0487. The van der Waals surface area contributed by atoms with Crippen molar-refractivity contribution in [3.8, 4) is 22.8 Å². The number of hydrogen-bond acceptors (Lipinski definition) is 8. The molecule has 0 radical (unpaired) electrons. The number of nitrogens with one attached hydrogen (secondary N) is 2. The smallest absolute Gasteiger partial charge is 0.410 e. The number of pyridine rings is 1. The zero-order valence-electron chi connectivity index (χ0n) is 31.8. The molecule has 0 bridgehead atoms. The Kier molecular flexibility index (Phi) is 13.0. The van der Waals surface area contributed by atoms with Gasteiger partial charge in [0.25, 0.3) is 5.91 Å². The first kappa shape index (κ1) is 39.2. The second-order valence-electron chi connectivity index (χ2n) is 15.1. The number of ether oxygens (including phenoxy) is 3. The molecule has 0 spiro atoms. The lowest BCUT2D eigenvalue weighted by Gasteiger charge is -2.34. The van der Waals surface area contributed by atoms with Crippen molar-refractivity contribution in [3.05, 3.63) is 114 Å². The lowest BCUT2D eigenvalue weighted by Crippen LogP contribution is -2.49. The Bertz CT molecular complexity index is 1910. The number of hydrogen-bond donors (Lipinski definition) is 2. The molecule has 0 atom stereocenters. The van der Waals surface area contributed by atoms with E-state index in [9.17, 15) is 18.8 Å². The minimum Gasteiger partial charge on any atom is -0.445 e. The van der Waals surface area contributed by atoms with Gasteiger partial charge in [0, 0.05) is 50.4 Å². The summed E-state index contributed by atoms with van der Waals surface area (Å²) < 4.78 is 31.9. The van der Waals surface area contributed by atoms with E-state index in [4.69, 9.17) is 14.2 Å². The predicted molar refractivity (Wildman–Crippen MR) is 207 cm³/mol. The molecule has 11 nitrogen and oxygen atoms in total. The third kappa shape index (κ3) is 11.5. The Hall–Kier alpha value is -5.49. The van der Waals surface area contributed by atoms with E-state index in [2.05, 4.69) is 26.6 Å². The second-order valence-corrected chi connectivity index (χ2v) is 15.1. The molecule has 290 valence electrons. The number of rotatable bonds is 11. The van der Waals surface area contributed by atoms with Crippen molar-refractivity contribution >= 4 is 18.1 Å². The Morgan fingerprint density at radius 2 is 1.47 bits per heavy atom. The van der Waals surface area contributed by atoms with Gasteiger partial charge in [-0.05, 0) is 81.7 Å². The molecule has 1 saturated carbocycles. The fourth-order valence-corrected chi connectivity index (χ4v) is 6.81. The minimum atomic E-state index is -0.649. The molecule has 1 aromatic heterocycles. The predicted octanol–water partition coefficient (Wildman–Crippen LogP) is 7.74. The molecule has 2 aliphatic rings. The van der Waals surface area contributed by atoms with Crippen LogP contribution in [0.25, 0.3) is 11.1 Å². The maximum absolute atomic E-state index is 14.6. The van der Waals surface area contributed by atoms with Crippen LogP contribution in [0, 0.1) is 5.82 Å². The molecule has 3 aromatic carbocycles. The summed E-state index contributed by atoms with van der Waals surface area (Å²) in [4.78, 5) is 46.8. The van der Waals surface area contributed by atoms with E-state index >= 15 is 0 Å². The number of amides is 3. The zero-order valence-corrected chi connectivity index (χ0v) is 31.8. The number of nitrogens with zero attached hydrogens (tertiary/aromatic N) is 3. The van der Waals surface area contributed by atoms with Crippen LogP contribution >= 0.6 is 0 Å². The van der Waals surface area contributed by atoms with Crippen LogP contribution < -0.4 is 15.4 Å². The van der Waals surface area contributed by atoms with Crippen LogP contribution in [0.1, 0.15) is 67.9 Å². The molecule has 3 amide bonds. The average Bonchev–Trinajstić information content (AvgIpc) is 3.18. The van der Waals surface area contributed by atoms with Crippen LogP contribution in [0.4, 0.5) is 14.0 Å². The van der Waals surface area contributed by atoms with Crippen molar-refractivity contribution < 1.29 is 33.0 Å². The largest absolute Gasteiger partial charge is 0.445 e. The van der Waals surface area contributed by atoms with Gasteiger partial charge < -0.3 is 29.7 Å². The fourth-order valence-electron chi connectivity index (χ4n) is 6.81. The minimum absolute atomic E-state index is 0.00131. The zero-order chi connectivity index (χ0) is 38.8. The first-order chi connectivity index (χ1) is 26.5. The lowest BCUT2D eigenvalue weighted by atomic mass is 9.91. The van der Waals surface area contributed by atoms with E-state index in [1.807, 2.05) is 93.6 Å². The molecule has 1 aliphatic carbocycles. The summed E-state index contributed by atoms with van der Waals surface area (Å²) in [6, 6.07) is 26.4. The molecule has 1 aliphatic heterocycles. The van der Waals surface area contributed by atoms with Crippen molar-refractivity contribution in [2.75, 3.05) is 32.7 Å². The summed E-state index contributed by atoms with van der Waals surface area (Å²) in [5.74, 6) is -0.629. The normalized spacial score (nSPS) is 17.6. The van der Waals surface area contributed by atoms with Crippen LogP contribution in [-0.4, -0.2) is 83.3 Å². The quantitative estimate of drug-likeness (QED) is 0.160. The van der Waals surface area contributed by atoms with E-state index in [0.717, 1.165) is 60.6 Å². The molecule has 0 unspecified atom stereocenters. The highest BCUT2D eigenvalue weighted by Gasteiger charge is 2.28. The molecule has 1 saturated heterocycles. The number of aromatic nitrogens is 1. The summed E-state index contributed by atoms with van der Waals surface area (Å²) in [7, 11) is 0. The Morgan fingerprint density at radius 1 is 0.818 bits per heavy atom. The van der Waals surface area contributed by atoms with Crippen LogP contribution in [-0.2, 0) is 22.5 Å². The van der Waals surface area contributed by atoms with E-state index < -0.39 is 23.4 Å². The molecular weight excluding hydrogens is 701 g/mol. The molecule has 2 heterocycles. The summed E-state index contributed by atoms with van der Waals surface area (Å²) in [5.41, 5.74) is 3.11. The number of halogens is 1. The third-order valence-electron chi connectivity index (χ3n) is 9.74. The van der Waals surface area contributed by atoms with Gasteiger partial charge in [-0.2, -0.15) is 0 Å². The van der Waals surface area contributed by atoms with Gasteiger partial charge in [-0.15, -0.1) is 0 Å². The summed E-state index contributed by atoms with van der Waals surface area (Å²) in [6.07, 6.45) is 3.62. The first-order valence-corrected chi connectivity index (χ1v) is 19.0. The molecule has 12 heteroatoms. The van der Waals surface area contributed by atoms with Gasteiger partial charge in [-0.3, -0.25) is 9.69 Å². The first-order valence-electron chi connectivity index (χ1n) is 19.0. The van der Waals surface area contributed by atoms with Gasteiger partial charge in [-0.1, -0.05) is 72.8 Å². The third-order valence-corrected chi connectivity index (χ3v) is 9.74. The summed E-state index contributed by atoms with van der Waals surface area (Å²) in [5, 5.41) is 5.95. The van der Waals surface area contributed by atoms with E-state index in [-0.39, 0.29) is 36.2 Å². The summed E-state index contributed by atoms with van der Waals surface area (Å²) >= 11 is 0. The van der Waals surface area contributed by atoms with Crippen molar-refractivity contribution in [1.29, 1.82) is 0 Å². The van der Waals surface area contributed by atoms with Crippen LogP contribution in [0.5, 0.6) is 11.6 Å². The highest BCUT2D eigenvalue weighted by molar-refractivity contribution is 5.96. The van der Waals surface area contributed by atoms with Crippen molar-refractivity contribution in [2.24, 2.45) is 0 Å². The van der Waals surface area contributed by atoms with Crippen LogP contribution in [0.2, 0.25) is 0 Å². The topological polar surface area (TPSA) is 122 Å². The maximum atomic E-state index is 14.6. The van der Waals surface area contributed by atoms with Gasteiger partial charge in [0.1, 0.15) is 29.3 Å². The Balaban J connectivity index is 1.08. The van der Waals surface area contributed by atoms with Crippen LogP contribution in [0.3, 0.4) is 0 Å². The fraction of sp³-hybridized carbons (Fsp3) is 0.395. The summed E-state index contributed by atoms with van der Waals surface area (Å²) in [6.45, 7) is 9.10. The van der Waals surface area contributed by atoms with Crippen molar-refractivity contribution in [3.63, 3.8) is 0 Å². The molecular formula is C43H50FN5O6. The molecule has 2 N–H and O–H groups in total. The van der Waals surface area contributed by atoms with E-state index in [1.165, 1.54) is 0 Å². The molecule has 2 fully saturated rings. The number of piperazine rings is 1. The second kappa shape index (κ2) is 18.2. The standard InChI is InChI=1S/C43H50FN5O6/c1-43(2,3)55-41(51)47-35-17-15-34(16-18-35)46-39(50)37-27-33(44)28-45-40(37)54-38-26-30(14-19-36(38)32-12-8-5-9-13-32)20-21-48-22-24-49(25-23-48)42(52)53-29-31-10-6-4-7-11-31/h4-14,19,26-28,34-35H,15-18,20-25,29H2,1-3H3,(H,46,50)(H,47,51). The molecule has 6 rings (SSSR count). The molecule has 55 heavy (non-hydrogen) atoms. The number of alkyl carbamates (subject to hydrolysis) is 1. The van der Waals surface area contributed by atoms with Crippen molar-refractivity contribution in [2.45, 2.75) is 77.2 Å². The monoisotopic (exact) mass is 751 g/mol. The van der Waals surface area contributed by atoms with Gasteiger partial charge in [0.05, 0.1) is 6.20 Å². The molecule has 4 aromatic rings.